The van der Waals surface area contributed by atoms with Gasteiger partial charge in [-0.2, -0.15) is 0 Å². The maximum absolute atomic E-state index is 9.32. The van der Waals surface area contributed by atoms with E-state index in [1.807, 2.05) is 30.1 Å². The molecule has 1 heterocycles. The maximum Gasteiger partial charge on any atom is 0.231 e. The van der Waals surface area contributed by atoms with Crippen LogP contribution in [0.3, 0.4) is 0 Å². The zero-order valence-corrected chi connectivity index (χ0v) is 10.5. The second-order valence-corrected chi connectivity index (χ2v) is 4.54. The normalized spacial score (nSPS) is 15.1. The molecule has 2 N–H and O–H groups in total. The van der Waals surface area contributed by atoms with Crippen LogP contribution in [0.1, 0.15) is 5.56 Å². The van der Waals surface area contributed by atoms with Gasteiger partial charge in [-0.05, 0) is 31.2 Å². The van der Waals surface area contributed by atoms with Crippen molar-refractivity contribution in [1.82, 2.24) is 4.90 Å². The summed E-state index contributed by atoms with van der Waals surface area (Å²) >= 11 is 0. The first-order valence-electron chi connectivity index (χ1n) is 6.05. The van der Waals surface area contributed by atoms with Gasteiger partial charge >= 0.3 is 0 Å². The molecule has 100 valence electrons. The van der Waals surface area contributed by atoms with Gasteiger partial charge in [0.25, 0.3) is 0 Å². The molecule has 0 saturated carbocycles. The van der Waals surface area contributed by atoms with Crippen LogP contribution in [0.4, 0.5) is 0 Å². The van der Waals surface area contributed by atoms with Crippen LogP contribution in [0.2, 0.25) is 0 Å². The zero-order chi connectivity index (χ0) is 13.0. The number of ether oxygens (including phenoxy) is 2. The Morgan fingerprint density at radius 3 is 2.89 bits per heavy atom. The molecule has 1 aromatic carbocycles. The molecule has 5 heteroatoms. The van der Waals surface area contributed by atoms with Gasteiger partial charge in [0.15, 0.2) is 11.5 Å². The summed E-state index contributed by atoms with van der Waals surface area (Å²) in [6.07, 6.45) is 0.192. The van der Waals surface area contributed by atoms with Crippen LogP contribution < -0.4 is 9.47 Å². The number of nitrogens with zero attached hydrogens (tertiary/aromatic N) is 1. The summed E-state index contributed by atoms with van der Waals surface area (Å²) in [6.45, 7) is 1.38. The Morgan fingerprint density at radius 2 is 2.11 bits per heavy atom. The second-order valence-electron chi connectivity index (χ2n) is 4.54. The molecule has 0 saturated heterocycles. The number of aliphatic hydroxyl groups excluding tert-OH is 2. The van der Waals surface area contributed by atoms with Gasteiger partial charge in [0.2, 0.25) is 6.79 Å². The SMILES string of the molecule is CN(CCc1ccc2c(c1)OCO2)CC(O)CO. The highest BCUT2D eigenvalue weighted by Gasteiger charge is 2.13. The Balaban J connectivity index is 1.83. The molecule has 5 nitrogen and oxygen atoms in total. The molecule has 0 bridgehead atoms. The van der Waals surface area contributed by atoms with Crippen molar-refractivity contribution >= 4 is 0 Å². The van der Waals surface area contributed by atoms with Crippen molar-refractivity contribution in [3.63, 3.8) is 0 Å². The second kappa shape index (κ2) is 6.04. The standard InChI is InChI=1S/C13H19NO4/c1-14(7-11(16)8-15)5-4-10-2-3-12-13(6-10)18-9-17-12/h2-3,6,11,15-16H,4-5,7-9H2,1H3. The Morgan fingerprint density at radius 1 is 1.33 bits per heavy atom. The molecule has 18 heavy (non-hydrogen) atoms. The topological polar surface area (TPSA) is 62.2 Å². The van der Waals surface area contributed by atoms with Gasteiger partial charge < -0.3 is 24.6 Å². The quantitative estimate of drug-likeness (QED) is 0.760. The Hall–Kier alpha value is -1.30. The number of aliphatic hydroxyl groups is 2. The Kier molecular flexibility index (Phi) is 4.41. The molecule has 0 fully saturated rings. The number of rotatable bonds is 6. The molecule has 0 aliphatic carbocycles. The number of hydrogen-bond donors (Lipinski definition) is 2. The van der Waals surface area contributed by atoms with Crippen molar-refractivity contribution in [1.29, 1.82) is 0 Å². The highest BCUT2D eigenvalue weighted by Crippen LogP contribution is 2.32. The van der Waals surface area contributed by atoms with E-state index in [0.29, 0.717) is 13.3 Å². The first kappa shape index (κ1) is 13.1. The summed E-state index contributed by atoms with van der Waals surface area (Å²) < 4.78 is 10.6. The minimum Gasteiger partial charge on any atom is -0.454 e. The first-order valence-corrected chi connectivity index (χ1v) is 6.05. The number of benzene rings is 1. The monoisotopic (exact) mass is 253 g/mol. The molecule has 1 unspecified atom stereocenters. The predicted octanol–water partition coefficient (Wildman–Crippen LogP) is 0.243. The van der Waals surface area contributed by atoms with Crippen molar-refractivity contribution < 1.29 is 19.7 Å². The minimum atomic E-state index is -0.674. The van der Waals surface area contributed by atoms with Crippen molar-refractivity contribution in [2.24, 2.45) is 0 Å². The summed E-state index contributed by atoms with van der Waals surface area (Å²) in [7, 11) is 1.92. The van der Waals surface area contributed by atoms with Gasteiger partial charge in [0.05, 0.1) is 12.7 Å². The third-order valence-electron chi connectivity index (χ3n) is 2.95. The van der Waals surface area contributed by atoms with Crippen molar-refractivity contribution in [3.8, 4) is 11.5 Å². The summed E-state index contributed by atoms with van der Waals surface area (Å²) in [6, 6.07) is 5.92. The zero-order valence-electron chi connectivity index (χ0n) is 10.5. The van der Waals surface area contributed by atoms with Crippen LogP contribution in [0.15, 0.2) is 18.2 Å². The summed E-state index contributed by atoms with van der Waals surface area (Å²) in [5, 5.41) is 18.1. The van der Waals surface area contributed by atoms with E-state index in [2.05, 4.69) is 0 Å². The molecule has 2 rings (SSSR count). The molecular formula is C13H19NO4. The van der Waals surface area contributed by atoms with E-state index >= 15 is 0 Å². The highest BCUT2D eigenvalue weighted by molar-refractivity contribution is 5.44. The van der Waals surface area contributed by atoms with Crippen molar-refractivity contribution in [2.45, 2.75) is 12.5 Å². The smallest absolute Gasteiger partial charge is 0.231 e. The third kappa shape index (κ3) is 3.35. The van der Waals surface area contributed by atoms with Crippen LogP contribution in [-0.2, 0) is 6.42 Å². The van der Waals surface area contributed by atoms with E-state index < -0.39 is 6.10 Å². The number of likely N-dealkylation sites (N-methyl/N-ethyl adjacent to an activating group) is 1. The molecule has 0 amide bonds. The molecule has 1 aliphatic heterocycles. The van der Waals surface area contributed by atoms with E-state index in [4.69, 9.17) is 14.6 Å². The van der Waals surface area contributed by atoms with Gasteiger partial charge in [-0.1, -0.05) is 6.07 Å². The molecule has 1 aromatic rings. The van der Waals surface area contributed by atoms with E-state index in [1.165, 1.54) is 5.56 Å². The van der Waals surface area contributed by atoms with E-state index in [0.717, 1.165) is 24.5 Å². The van der Waals surface area contributed by atoms with Crippen LogP contribution in [0, 0.1) is 0 Å². The van der Waals surface area contributed by atoms with E-state index in [1.54, 1.807) is 0 Å². The van der Waals surface area contributed by atoms with Crippen LogP contribution in [-0.4, -0.2) is 54.8 Å². The highest BCUT2D eigenvalue weighted by atomic mass is 16.7. The summed E-state index contributed by atoms with van der Waals surface area (Å²) in [5.74, 6) is 1.59. The fourth-order valence-electron chi connectivity index (χ4n) is 1.93. The fourth-order valence-corrected chi connectivity index (χ4v) is 1.93. The maximum atomic E-state index is 9.32. The van der Waals surface area contributed by atoms with Gasteiger partial charge in [0, 0.05) is 13.1 Å². The lowest BCUT2D eigenvalue weighted by Crippen LogP contribution is -2.32. The third-order valence-corrected chi connectivity index (χ3v) is 2.95. The van der Waals surface area contributed by atoms with Gasteiger partial charge in [0.1, 0.15) is 0 Å². The fraction of sp³-hybridized carbons (Fsp3) is 0.538. The molecular weight excluding hydrogens is 234 g/mol. The number of fused-ring (bicyclic) bond motifs is 1. The lowest BCUT2D eigenvalue weighted by molar-refractivity contribution is 0.0669. The molecule has 1 atom stereocenters. The van der Waals surface area contributed by atoms with Crippen LogP contribution in [0.5, 0.6) is 11.5 Å². The van der Waals surface area contributed by atoms with Crippen LogP contribution >= 0.6 is 0 Å². The van der Waals surface area contributed by atoms with Gasteiger partial charge in [-0.25, -0.2) is 0 Å². The molecule has 0 radical (unpaired) electrons. The predicted molar refractivity (Wildman–Crippen MR) is 66.9 cm³/mol. The van der Waals surface area contributed by atoms with Crippen LogP contribution in [0.25, 0.3) is 0 Å². The molecule has 0 aromatic heterocycles. The number of hydrogen-bond acceptors (Lipinski definition) is 5. The lowest BCUT2D eigenvalue weighted by Gasteiger charge is -2.19. The summed E-state index contributed by atoms with van der Waals surface area (Å²) in [5.41, 5.74) is 1.17. The van der Waals surface area contributed by atoms with E-state index in [-0.39, 0.29) is 6.61 Å². The largest absolute Gasteiger partial charge is 0.454 e. The van der Waals surface area contributed by atoms with E-state index in [9.17, 15) is 5.11 Å². The molecule has 0 spiro atoms. The first-order chi connectivity index (χ1) is 8.69. The Bertz CT molecular complexity index is 397. The summed E-state index contributed by atoms with van der Waals surface area (Å²) in [4.78, 5) is 1.99. The Labute approximate surface area is 107 Å². The minimum absolute atomic E-state index is 0.200. The molecule has 1 aliphatic rings. The lowest BCUT2D eigenvalue weighted by atomic mass is 10.1. The van der Waals surface area contributed by atoms with Gasteiger partial charge in [-0.3, -0.25) is 0 Å². The average Bonchev–Trinajstić information content (AvgIpc) is 2.83. The van der Waals surface area contributed by atoms with Gasteiger partial charge in [-0.15, -0.1) is 0 Å². The average molecular weight is 253 g/mol. The van der Waals surface area contributed by atoms with Crippen molar-refractivity contribution in [3.05, 3.63) is 23.8 Å². The van der Waals surface area contributed by atoms with Crippen molar-refractivity contribution in [2.75, 3.05) is 33.5 Å².